The van der Waals surface area contributed by atoms with Gasteiger partial charge in [0, 0.05) is 0 Å². The Kier molecular flexibility index (Phi) is 1.97. The summed E-state index contributed by atoms with van der Waals surface area (Å²) in [6.07, 6.45) is 0. The van der Waals surface area contributed by atoms with Gasteiger partial charge in [-0.05, 0) is 17.9 Å². The quantitative estimate of drug-likeness (QED) is 0.695. The molecule has 0 saturated heterocycles. The van der Waals surface area contributed by atoms with Crippen molar-refractivity contribution in [2.75, 3.05) is 0 Å². The molecule has 0 radical (unpaired) electrons. The normalized spacial score (nSPS) is 9.80. The molecule has 0 fully saturated rings. The van der Waals surface area contributed by atoms with Gasteiger partial charge in [-0.2, -0.15) is 0 Å². The van der Waals surface area contributed by atoms with Crippen LogP contribution >= 0.6 is 22.9 Å². The molecule has 0 spiro atoms. The Labute approximate surface area is 67.6 Å². The van der Waals surface area contributed by atoms with Gasteiger partial charge in [0.2, 0.25) is 0 Å². The Morgan fingerprint density at radius 2 is 2.40 bits per heavy atom. The fourth-order valence-electron chi connectivity index (χ4n) is 0.596. The maximum absolute atomic E-state index is 10.6. The van der Waals surface area contributed by atoms with Gasteiger partial charge < -0.3 is 5.73 Å². The maximum atomic E-state index is 10.6. The number of primary amides is 1. The molecule has 1 amide bonds. The van der Waals surface area contributed by atoms with Crippen molar-refractivity contribution in [3.8, 4) is 0 Å². The van der Waals surface area contributed by atoms with Gasteiger partial charge in [0.25, 0.3) is 5.91 Å². The van der Waals surface area contributed by atoms with E-state index < -0.39 is 5.91 Å². The lowest BCUT2D eigenvalue weighted by molar-refractivity contribution is 0.100. The molecule has 2 nitrogen and oxygen atoms in total. The number of carbonyl (C=O) groups is 1. The van der Waals surface area contributed by atoms with Crippen molar-refractivity contribution in [1.29, 1.82) is 0 Å². The van der Waals surface area contributed by atoms with Crippen LogP contribution in [0.2, 0.25) is 5.02 Å². The van der Waals surface area contributed by atoms with Crippen molar-refractivity contribution in [1.82, 2.24) is 0 Å². The largest absolute Gasteiger partial charge is 0.365 e. The highest BCUT2D eigenvalue weighted by Gasteiger charge is 2.09. The minimum absolute atomic E-state index is 0.444. The molecule has 1 aromatic rings. The van der Waals surface area contributed by atoms with Crippen molar-refractivity contribution in [2.24, 2.45) is 5.73 Å². The van der Waals surface area contributed by atoms with Crippen LogP contribution in [0.25, 0.3) is 0 Å². The minimum atomic E-state index is -0.455. The number of carbonyl (C=O) groups excluding carboxylic acids is 1. The lowest BCUT2D eigenvalue weighted by Gasteiger charge is -1.88. The molecule has 1 aromatic heterocycles. The fourth-order valence-corrected chi connectivity index (χ4v) is 1.74. The van der Waals surface area contributed by atoms with Gasteiger partial charge in [-0.15, -0.1) is 11.3 Å². The van der Waals surface area contributed by atoms with Gasteiger partial charge in [0.1, 0.15) is 4.88 Å². The molecule has 1 heterocycles. The molecule has 0 aliphatic rings. The van der Waals surface area contributed by atoms with Gasteiger partial charge in [-0.1, -0.05) is 11.6 Å². The predicted octanol–water partition coefficient (Wildman–Crippen LogP) is 1.81. The lowest BCUT2D eigenvalue weighted by atomic mass is 10.3. The lowest BCUT2D eigenvalue weighted by Crippen LogP contribution is -2.08. The van der Waals surface area contributed by atoms with Crippen molar-refractivity contribution in [3.05, 3.63) is 20.8 Å². The summed E-state index contributed by atoms with van der Waals surface area (Å²) in [6, 6.07) is 0. The second-order valence-electron chi connectivity index (χ2n) is 1.93. The van der Waals surface area contributed by atoms with E-state index in [0.29, 0.717) is 9.90 Å². The zero-order valence-corrected chi connectivity index (χ0v) is 6.92. The average Bonchev–Trinajstić information content (AvgIpc) is 2.14. The predicted molar refractivity (Wildman–Crippen MR) is 42.6 cm³/mol. The topological polar surface area (TPSA) is 43.1 Å². The number of aryl methyl sites for hydroxylation is 1. The summed E-state index contributed by atoms with van der Waals surface area (Å²) in [6.45, 7) is 1.84. The summed E-state index contributed by atoms with van der Waals surface area (Å²) in [4.78, 5) is 11.0. The molecule has 0 saturated carbocycles. The SMILES string of the molecule is Cc1csc(C(N)=O)c1Cl. The van der Waals surface area contributed by atoms with E-state index in [1.54, 1.807) is 0 Å². The summed E-state index contributed by atoms with van der Waals surface area (Å²) in [5, 5.41) is 2.29. The van der Waals surface area contributed by atoms with Crippen LogP contribution in [0.15, 0.2) is 5.38 Å². The monoisotopic (exact) mass is 175 g/mol. The van der Waals surface area contributed by atoms with Gasteiger partial charge >= 0.3 is 0 Å². The number of rotatable bonds is 1. The van der Waals surface area contributed by atoms with E-state index in [0.717, 1.165) is 5.56 Å². The van der Waals surface area contributed by atoms with Crippen molar-refractivity contribution in [3.63, 3.8) is 0 Å². The van der Waals surface area contributed by atoms with E-state index in [-0.39, 0.29) is 0 Å². The van der Waals surface area contributed by atoms with Crippen LogP contribution in [0.1, 0.15) is 15.2 Å². The number of hydrogen-bond acceptors (Lipinski definition) is 2. The van der Waals surface area contributed by atoms with Crippen LogP contribution in [0.4, 0.5) is 0 Å². The summed E-state index contributed by atoms with van der Waals surface area (Å²) >= 11 is 6.99. The van der Waals surface area contributed by atoms with Gasteiger partial charge in [0.05, 0.1) is 5.02 Å². The highest BCUT2D eigenvalue weighted by molar-refractivity contribution is 7.13. The van der Waals surface area contributed by atoms with Gasteiger partial charge in [0.15, 0.2) is 0 Å². The molecule has 0 aliphatic heterocycles. The molecule has 4 heteroatoms. The number of thiophene rings is 1. The first kappa shape index (κ1) is 7.57. The van der Waals surface area contributed by atoms with E-state index in [1.165, 1.54) is 11.3 Å². The first-order chi connectivity index (χ1) is 4.63. The van der Waals surface area contributed by atoms with Crippen LogP contribution in [0.3, 0.4) is 0 Å². The summed E-state index contributed by atoms with van der Waals surface area (Å²) in [5.74, 6) is -0.455. The third-order valence-corrected chi connectivity index (χ3v) is 2.83. The molecule has 0 aromatic carbocycles. The Balaban J connectivity index is 3.17. The Bertz CT molecular complexity index is 269. The zero-order valence-electron chi connectivity index (χ0n) is 5.35. The smallest absolute Gasteiger partial charge is 0.260 e. The third-order valence-electron chi connectivity index (χ3n) is 1.12. The molecule has 0 unspecified atom stereocenters. The van der Waals surface area contributed by atoms with Crippen molar-refractivity contribution < 1.29 is 4.79 Å². The van der Waals surface area contributed by atoms with E-state index in [2.05, 4.69) is 0 Å². The summed E-state index contributed by atoms with van der Waals surface area (Å²) < 4.78 is 0. The molecule has 0 atom stereocenters. The minimum Gasteiger partial charge on any atom is -0.365 e. The van der Waals surface area contributed by atoms with Crippen LogP contribution in [0, 0.1) is 6.92 Å². The van der Waals surface area contributed by atoms with Crippen molar-refractivity contribution in [2.45, 2.75) is 6.92 Å². The Hall–Kier alpha value is -0.540. The molecule has 2 N–H and O–H groups in total. The van der Waals surface area contributed by atoms with Crippen molar-refractivity contribution >= 4 is 28.8 Å². The Morgan fingerprint density at radius 1 is 1.80 bits per heavy atom. The number of hydrogen-bond donors (Lipinski definition) is 1. The molecule has 0 aliphatic carbocycles. The maximum Gasteiger partial charge on any atom is 0.260 e. The summed E-state index contributed by atoms with van der Waals surface area (Å²) in [7, 11) is 0. The second kappa shape index (κ2) is 2.60. The molecule has 54 valence electrons. The molecule has 0 bridgehead atoms. The number of nitrogens with two attached hydrogens (primary N) is 1. The van der Waals surface area contributed by atoms with Crippen LogP contribution in [-0.2, 0) is 0 Å². The standard InChI is InChI=1S/C6H6ClNOS/c1-3-2-10-5(4(3)7)6(8)9/h2H,1H3,(H2,8,9). The van der Waals surface area contributed by atoms with Crippen LogP contribution in [0.5, 0.6) is 0 Å². The zero-order chi connectivity index (χ0) is 7.72. The number of halogens is 1. The van der Waals surface area contributed by atoms with E-state index >= 15 is 0 Å². The van der Waals surface area contributed by atoms with Crippen LogP contribution < -0.4 is 5.73 Å². The van der Waals surface area contributed by atoms with Gasteiger partial charge in [-0.3, -0.25) is 4.79 Å². The van der Waals surface area contributed by atoms with E-state index in [1.807, 2.05) is 12.3 Å². The average molecular weight is 176 g/mol. The molecule has 1 rings (SSSR count). The highest BCUT2D eigenvalue weighted by Crippen LogP contribution is 2.26. The van der Waals surface area contributed by atoms with E-state index in [4.69, 9.17) is 17.3 Å². The third kappa shape index (κ3) is 1.15. The Morgan fingerprint density at radius 3 is 2.60 bits per heavy atom. The highest BCUT2D eigenvalue weighted by atomic mass is 35.5. The van der Waals surface area contributed by atoms with Crippen LogP contribution in [-0.4, -0.2) is 5.91 Å². The second-order valence-corrected chi connectivity index (χ2v) is 3.18. The van der Waals surface area contributed by atoms with Gasteiger partial charge in [-0.25, -0.2) is 0 Å². The molecular formula is C6H6ClNOS. The molecule has 10 heavy (non-hydrogen) atoms. The number of amides is 1. The summed E-state index contributed by atoms with van der Waals surface area (Å²) in [5.41, 5.74) is 5.92. The molecular weight excluding hydrogens is 170 g/mol. The fraction of sp³-hybridized carbons (Fsp3) is 0.167. The van der Waals surface area contributed by atoms with E-state index in [9.17, 15) is 4.79 Å². The first-order valence-corrected chi connectivity index (χ1v) is 3.92. The first-order valence-electron chi connectivity index (χ1n) is 2.66.